The number of nitrogens with two attached hydrogens (primary N) is 1. The van der Waals surface area contributed by atoms with E-state index in [4.69, 9.17) is 11.1 Å². The average Bonchev–Trinajstić information content (AvgIpc) is 2.74. The van der Waals surface area contributed by atoms with Gasteiger partial charge in [-0.2, -0.15) is 0 Å². The lowest BCUT2D eigenvalue weighted by Gasteiger charge is -2.25. The molecule has 1 fully saturated rings. The summed E-state index contributed by atoms with van der Waals surface area (Å²) in [6.07, 6.45) is 1.25. The van der Waals surface area contributed by atoms with Crippen LogP contribution in [0.25, 0.3) is 0 Å². The highest BCUT2D eigenvalue weighted by molar-refractivity contribution is 6.00. The molecule has 1 saturated heterocycles. The summed E-state index contributed by atoms with van der Waals surface area (Å²) < 4.78 is 0. The molecule has 1 heterocycles. The van der Waals surface area contributed by atoms with E-state index in [1.54, 1.807) is 0 Å². The molecule has 0 saturated carbocycles. The van der Waals surface area contributed by atoms with Crippen molar-refractivity contribution in [1.29, 1.82) is 5.41 Å². The molecule has 4 heteroatoms. The van der Waals surface area contributed by atoms with Gasteiger partial charge in [-0.15, -0.1) is 0 Å². The van der Waals surface area contributed by atoms with E-state index >= 15 is 0 Å². The van der Waals surface area contributed by atoms with Crippen LogP contribution in [0.2, 0.25) is 0 Å². The normalized spacial score (nSPS) is 20.0. The smallest absolute Gasteiger partial charge is 0.124 e. The third-order valence-electron chi connectivity index (χ3n) is 3.63. The van der Waals surface area contributed by atoms with E-state index in [-0.39, 0.29) is 5.84 Å². The number of amidine groups is 1. The van der Waals surface area contributed by atoms with Crippen LogP contribution >= 0.6 is 0 Å². The van der Waals surface area contributed by atoms with Crippen molar-refractivity contribution in [2.75, 3.05) is 38.6 Å². The molecule has 1 aromatic rings. The maximum atomic E-state index is 7.63. The van der Waals surface area contributed by atoms with Gasteiger partial charge in [0.25, 0.3) is 0 Å². The van der Waals surface area contributed by atoms with Crippen molar-refractivity contribution in [3.05, 3.63) is 29.8 Å². The second kappa shape index (κ2) is 5.40. The number of hydrogen-bond donors (Lipinski definition) is 2. The standard InChI is InChI=1S/C14H22N4/c1-17-8-7-11(9-17)10-18(2)13-6-4-3-5-12(13)14(15)16/h3-6,11H,7-10H2,1-2H3,(H3,15,16). The Morgan fingerprint density at radius 1 is 1.50 bits per heavy atom. The van der Waals surface area contributed by atoms with Gasteiger partial charge in [0.2, 0.25) is 0 Å². The Labute approximate surface area is 109 Å². The van der Waals surface area contributed by atoms with Gasteiger partial charge in [-0.05, 0) is 38.1 Å². The Bertz CT molecular complexity index is 430. The molecular formula is C14H22N4. The van der Waals surface area contributed by atoms with E-state index in [0.717, 1.165) is 24.3 Å². The molecule has 1 aliphatic rings. The molecule has 0 radical (unpaired) electrons. The third-order valence-corrected chi connectivity index (χ3v) is 3.63. The number of rotatable bonds is 4. The first-order chi connectivity index (χ1) is 8.58. The van der Waals surface area contributed by atoms with Crippen LogP contribution in [0.3, 0.4) is 0 Å². The van der Waals surface area contributed by atoms with Crippen LogP contribution in [0.5, 0.6) is 0 Å². The van der Waals surface area contributed by atoms with Crippen LogP contribution in [0.4, 0.5) is 5.69 Å². The van der Waals surface area contributed by atoms with E-state index in [2.05, 4.69) is 23.9 Å². The zero-order valence-corrected chi connectivity index (χ0v) is 11.2. The highest BCUT2D eigenvalue weighted by Crippen LogP contribution is 2.22. The maximum Gasteiger partial charge on any atom is 0.124 e. The van der Waals surface area contributed by atoms with E-state index in [1.165, 1.54) is 13.0 Å². The summed E-state index contributed by atoms with van der Waals surface area (Å²) in [6.45, 7) is 3.37. The molecule has 0 amide bonds. The zero-order chi connectivity index (χ0) is 13.1. The minimum Gasteiger partial charge on any atom is -0.384 e. The summed E-state index contributed by atoms with van der Waals surface area (Å²) in [7, 11) is 4.25. The third kappa shape index (κ3) is 2.82. The zero-order valence-electron chi connectivity index (χ0n) is 11.2. The Morgan fingerprint density at radius 3 is 2.83 bits per heavy atom. The lowest BCUT2D eigenvalue weighted by molar-refractivity contribution is 0.396. The number of nitrogens with one attached hydrogen (secondary N) is 1. The molecule has 3 N–H and O–H groups in total. The predicted octanol–water partition coefficient (Wildman–Crippen LogP) is 1.36. The summed E-state index contributed by atoms with van der Waals surface area (Å²) in [5.74, 6) is 0.848. The minimum absolute atomic E-state index is 0.140. The predicted molar refractivity (Wildman–Crippen MR) is 76.3 cm³/mol. The second-order valence-electron chi connectivity index (χ2n) is 5.23. The van der Waals surface area contributed by atoms with E-state index in [0.29, 0.717) is 5.92 Å². The van der Waals surface area contributed by atoms with Gasteiger partial charge in [0.05, 0.1) is 0 Å². The van der Waals surface area contributed by atoms with Crippen molar-refractivity contribution in [2.45, 2.75) is 6.42 Å². The van der Waals surface area contributed by atoms with Crippen LogP contribution in [0.15, 0.2) is 24.3 Å². The number of anilines is 1. The molecule has 4 nitrogen and oxygen atoms in total. The number of para-hydroxylation sites is 1. The Balaban J connectivity index is 2.09. The lowest BCUT2D eigenvalue weighted by Crippen LogP contribution is -2.29. The monoisotopic (exact) mass is 246 g/mol. The van der Waals surface area contributed by atoms with Crippen LogP contribution in [0, 0.1) is 11.3 Å². The molecule has 18 heavy (non-hydrogen) atoms. The second-order valence-corrected chi connectivity index (χ2v) is 5.23. The number of likely N-dealkylation sites (tertiary alicyclic amines) is 1. The molecule has 0 aliphatic carbocycles. The number of hydrogen-bond acceptors (Lipinski definition) is 3. The van der Waals surface area contributed by atoms with Crippen molar-refractivity contribution in [3.63, 3.8) is 0 Å². The van der Waals surface area contributed by atoms with Crippen molar-refractivity contribution >= 4 is 11.5 Å². The first-order valence-electron chi connectivity index (χ1n) is 6.41. The van der Waals surface area contributed by atoms with Crippen molar-refractivity contribution in [1.82, 2.24) is 4.90 Å². The summed E-state index contributed by atoms with van der Waals surface area (Å²) >= 11 is 0. The Morgan fingerprint density at radius 2 is 2.22 bits per heavy atom. The summed E-state index contributed by atoms with van der Waals surface area (Å²) in [5.41, 5.74) is 7.51. The molecule has 2 rings (SSSR count). The van der Waals surface area contributed by atoms with Gasteiger partial charge in [0, 0.05) is 31.4 Å². The van der Waals surface area contributed by atoms with Crippen molar-refractivity contribution in [3.8, 4) is 0 Å². The molecule has 0 aromatic heterocycles. The molecule has 0 bridgehead atoms. The van der Waals surface area contributed by atoms with Gasteiger partial charge < -0.3 is 15.5 Å². The first-order valence-corrected chi connectivity index (χ1v) is 6.41. The van der Waals surface area contributed by atoms with Crippen molar-refractivity contribution in [2.24, 2.45) is 11.7 Å². The van der Waals surface area contributed by atoms with Crippen LogP contribution < -0.4 is 10.6 Å². The van der Waals surface area contributed by atoms with Crippen LogP contribution in [-0.4, -0.2) is 44.5 Å². The highest BCUT2D eigenvalue weighted by atomic mass is 15.2. The SMILES string of the molecule is CN1CCC(CN(C)c2ccccc2C(=N)N)C1. The van der Waals surface area contributed by atoms with Crippen LogP contribution in [-0.2, 0) is 0 Å². The molecule has 1 aromatic carbocycles. The fourth-order valence-corrected chi connectivity index (χ4v) is 2.70. The van der Waals surface area contributed by atoms with E-state index in [9.17, 15) is 0 Å². The van der Waals surface area contributed by atoms with Gasteiger partial charge in [0.1, 0.15) is 5.84 Å². The average molecular weight is 246 g/mol. The topological polar surface area (TPSA) is 56.4 Å². The molecule has 98 valence electrons. The summed E-state index contributed by atoms with van der Waals surface area (Å²) in [5, 5.41) is 7.63. The fourth-order valence-electron chi connectivity index (χ4n) is 2.70. The summed E-state index contributed by atoms with van der Waals surface area (Å²) in [4.78, 5) is 4.59. The van der Waals surface area contributed by atoms with Crippen LogP contribution in [0.1, 0.15) is 12.0 Å². The molecule has 0 spiro atoms. The van der Waals surface area contributed by atoms with E-state index < -0.39 is 0 Å². The number of nitrogens with zero attached hydrogens (tertiary/aromatic N) is 2. The summed E-state index contributed by atoms with van der Waals surface area (Å²) in [6, 6.07) is 7.88. The minimum atomic E-state index is 0.140. The van der Waals surface area contributed by atoms with Gasteiger partial charge in [-0.25, -0.2) is 0 Å². The Hall–Kier alpha value is -1.55. The van der Waals surface area contributed by atoms with Gasteiger partial charge in [0.15, 0.2) is 0 Å². The molecule has 1 unspecified atom stereocenters. The Kier molecular flexibility index (Phi) is 3.87. The quantitative estimate of drug-likeness (QED) is 0.623. The van der Waals surface area contributed by atoms with Gasteiger partial charge >= 0.3 is 0 Å². The maximum absolute atomic E-state index is 7.63. The highest BCUT2D eigenvalue weighted by Gasteiger charge is 2.21. The largest absolute Gasteiger partial charge is 0.384 e. The number of benzene rings is 1. The van der Waals surface area contributed by atoms with Gasteiger partial charge in [-0.1, -0.05) is 12.1 Å². The van der Waals surface area contributed by atoms with Crippen molar-refractivity contribution < 1.29 is 0 Å². The van der Waals surface area contributed by atoms with E-state index in [1.807, 2.05) is 24.3 Å². The molecular weight excluding hydrogens is 224 g/mol. The first kappa shape index (κ1) is 12.9. The molecule has 1 aliphatic heterocycles. The van der Waals surface area contributed by atoms with Gasteiger partial charge in [-0.3, -0.25) is 5.41 Å². The fraction of sp³-hybridized carbons (Fsp3) is 0.500. The lowest BCUT2D eigenvalue weighted by atomic mass is 10.1. The number of nitrogen functional groups attached to an aromatic ring is 1. The molecule has 1 atom stereocenters.